The molecule has 2 nitrogen and oxygen atoms in total. The Morgan fingerprint density at radius 1 is 1.30 bits per heavy atom. The van der Waals surface area contributed by atoms with Gasteiger partial charge in [-0.3, -0.25) is 0 Å². The second kappa shape index (κ2) is 5.92. The van der Waals surface area contributed by atoms with Gasteiger partial charge in [0.05, 0.1) is 0 Å². The van der Waals surface area contributed by atoms with Gasteiger partial charge in [-0.2, -0.15) is 25.3 Å². The molecule has 0 heterocycles. The third kappa shape index (κ3) is 4.06. The summed E-state index contributed by atoms with van der Waals surface area (Å²) in [6, 6.07) is 0. The number of carboxylic acids is 1. The van der Waals surface area contributed by atoms with Crippen LogP contribution in [-0.4, -0.2) is 17.5 Å². The average Bonchev–Trinajstić information content (AvgIpc) is 1.87. The second-order valence-corrected chi connectivity index (χ2v) is 2.93. The molecule has 4 heteroatoms. The summed E-state index contributed by atoms with van der Waals surface area (Å²) in [6.45, 7) is 0. The Morgan fingerprint density at radius 3 is 1.90 bits per heavy atom. The quantitative estimate of drug-likeness (QED) is 0.583. The molecule has 0 aliphatic rings. The SMILES string of the molecule is O=C([O-])C(CCS)CCS. The van der Waals surface area contributed by atoms with Crippen molar-refractivity contribution in [1.82, 2.24) is 0 Å². The first kappa shape index (κ1) is 10.2. The zero-order chi connectivity index (χ0) is 7.98. The summed E-state index contributed by atoms with van der Waals surface area (Å²) in [5.74, 6) is -0.170. The number of carbonyl (C=O) groups excluding carboxylic acids is 1. The van der Waals surface area contributed by atoms with Gasteiger partial charge >= 0.3 is 0 Å². The molecule has 0 fully saturated rings. The molecule has 0 radical (unpaired) electrons. The first-order chi connectivity index (χ1) is 4.72. The molecule has 0 atom stereocenters. The van der Waals surface area contributed by atoms with Gasteiger partial charge in [0.25, 0.3) is 0 Å². The van der Waals surface area contributed by atoms with Gasteiger partial charge in [0, 0.05) is 11.9 Å². The van der Waals surface area contributed by atoms with E-state index in [1.807, 2.05) is 0 Å². The molecule has 60 valence electrons. The molecule has 0 spiro atoms. The van der Waals surface area contributed by atoms with Crippen LogP contribution in [0.2, 0.25) is 0 Å². The normalized spacial score (nSPS) is 10.3. The van der Waals surface area contributed by atoms with Crippen LogP contribution < -0.4 is 5.11 Å². The maximum atomic E-state index is 10.3. The zero-order valence-electron chi connectivity index (χ0n) is 5.62. The van der Waals surface area contributed by atoms with Crippen LogP contribution in [-0.2, 0) is 4.79 Å². The van der Waals surface area contributed by atoms with Gasteiger partial charge in [-0.1, -0.05) is 0 Å². The molecule has 0 aromatic rings. The van der Waals surface area contributed by atoms with Crippen LogP contribution in [0.1, 0.15) is 12.8 Å². The smallest absolute Gasteiger partial charge is 0.0445 e. The van der Waals surface area contributed by atoms with Gasteiger partial charge in [-0.05, 0) is 24.3 Å². The Kier molecular flexibility index (Phi) is 6.02. The molecule has 0 saturated heterocycles. The lowest BCUT2D eigenvalue weighted by Crippen LogP contribution is -2.31. The number of rotatable bonds is 5. The Morgan fingerprint density at radius 2 is 1.70 bits per heavy atom. The van der Waals surface area contributed by atoms with E-state index in [0.29, 0.717) is 24.3 Å². The van der Waals surface area contributed by atoms with Crippen LogP contribution in [0.4, 0.5) is 0 Å². The summed E-state index contributed by atoms with van der Waals surface area (Å²) in [7, 11) is 0. The second-order valence-electron chi connectivity index (χ2n) is 2.04. The maximum absolute atomic E-state index is 10.3. The number of hydrogen-bond acceptors (Lipinski definition) is 4. The minimum absolute atomic E-state index is 0.366. The van der Waals surface area contributed by atoms with Crippen LogP contribution in [0, 0.1) is 5.92 Å². The van der Waals surface area contributed by atoms with Crippen molar-refractivity contribution < 1.29 is 9.90 Å². The van der Waals surface area contributed by atoms with E-state index in [-0.39, 0.29) is 5.92 Å². The predicted molar refractivity (Wildman–Crippen MR) is 45.4 cm³/mol. The van der Waals surface area contributed by atoms with Crippen molar-refractivity contribution in [3.05, 3.63) is 0 Å². The molecule has 0 saturated carbocycles. The molecular weight excluding hydrogens is 168 g/mol. The van der Waals surface area contributed by atoms with Gasteiger partial charge in [-0.15, -0.1) is 0 Å². The van der Waals surface area contributed by atoms with Crippen LogP contribution in [0.25, 0.3) is 0 Å². The van der Waals surface area contributed by atoms with Gasteiger partial charge in [0.1, 0.15) is 0 Å². The highest BCUT2D eigenvalue weighted by Gasteiger charge is 2.06. The molecular formula is C6H11O2S2-. The summed E-state index contributed by atoms with van der Waals surface area (Å²) in [6.07, 6.45) is 1.15. The summed E-state index contributed by atoms with van der Waals surface area (Å²) >= 11 is 7.86. The molecule has 0 rings (SSSR count). The first-order valence-electron chi connectivity index (χ1n) is 3.15. The zero-order valence-corrected chi connectivity index (χ0v) is 7.41. The number of hydrogen-bond donors (Lipinski definition) is 2. The molecule has 0 aliphatic heterocycles. The van der Waals surface area contributed by atoms with Crippen LogP contribution in [0.5, 0.6) is 0 Å². The Bertz CT molecular complexity index is 99.9. The van der Waals surface area contributed by atoms with Crippen molar-refractivity contribution in [2.75, 3.05) is 11.5 Å². The third-order valence-electron chi connectivity index (χ3n) is 1.29. The molecule has 10 heavy (non-hydrogen) atoms. The van der Waals surface area contributed by atoms with Crippen molar-refractivity contribution >= 4 is 31.2 Å². The summed E-state index contributed by atoms with van der Waals surface area (Å²) in [5.41, 5.74) is 0. The standard InChI is InChI=1S/C6H12O2S2/c7-6(8)5(1-3-9)2-4-10/h5,9-10H,1-4H2,(H,7,8)/p-1. The topological polar surface area (TPSA) is 40.1 Å². The Labute approximate surface area is 71.8 Å². The largest absolute Gasteiger partial charge is 0.550 e. The van der Waals surface area contributed by atoms with Gasteiger partial charge in [0.2, 0.25) is 0 Å². The minimum atomic E-state index is -0.983. The van der Waals surface area contributed by atoms with Gasteiger partial charge in [0.15, 0.2) is 0 Å². The molecule has 0 unspecified atom stereocenters. The highest BCUT2D eigenvalue weighted by Crippen LogP contribution is 2.08. The average molecular weight is 179 g/mol. The number of carboxylic acid groups (broad SMARTS) is 1. The van der Waals surface area contributed by atoms with Gasteiger partial charge in [-0.25, -0.2) is 0 Å². The highest BCUT2D eigenvalue weighted by atomic mass is 32.1. The van der Waals surface area contributed by atoms with E-state index < -0.39 is 5.97 Å². The van der Waals surface area contributed by atoms with E-state index in [4.69, 9.17) is 0 Å². The lowest BCUT2D eigenvalue weighted by molar-refractivity contribution is -0.311. The van der Waals surface area contributed by atoms with Crippen LogP contribution >= 0.6 is 25.3 Å². The number of carbonyl (C=O) groups is 1. The maximum Gasteiger partial charge on any atom is 0.0445 e. The molecule has 0 bridgehead atoms. The lowest BCUT2D eigenvalue weighted by atomic mass is 10.0. The summed E-state index contributed by atoms with van der Waals surface area (Å²) < 4.78 is 0. The number of aliphatic carboxylic acids is 1. The number of thiol groups is 2. The van der Waals surface area contributed by atoms with E-state index in [1.165, 1.54) is 0 Å². The molecule has 0 aromatic carbocycles. The third-order valence-corrected chi connectivity index (χ3v) is 1.80. The lowest BCUT2D eigenvalue weighted by Gasteiger charge is -2.14. The Hall–Kier alpha value is 0.170. The molecule has 0 aromatic heterocycles. The highest BCUT2D eigenvalue weighted by molar-refractivity contribution is 7.80. The fourth-order valence-corrected chi connectivity index (χ4v) is 1.32. The van der Waals surface area contributed by atoms with Crippen LogP contribution in [0.15, 0.2) is 0 Å². The van der Waals surface area contributed by atoms with E-state index in [9.17, 15) is 9.90 Å². The van der Waals surface area contributed by atoms with Crippen molar-refractivity contribution in [2.24, 2.45) is 5.92 Å². The van der Waals surface area contributed by atoms with Crippen molar-refractivity contribution in [2.45, 2.75) is 12.8 Å². The van der Waals surface area contributed by atoms with E-state index in [1.54, 1.807) is 0 Å². The first-order valence-corrected chi connectivity index (χ1v) is 4.41. The summed E-state index contributed by atoms with van der Waals surface area (Å²) in [4.78, 5) is 10.3. The molecule has 0 amide bonds. The molecule has 0 N–H and O–H groups in total. The minimum Gasteiger partial charge on any atom is -0.550 e. The van der Waals surface area contributed by atoms with Crippen molar-refractivity contribution in [3.8, 4) is 0 Å². The monoisotopic (exact) mass is 179 g/mol. The predicted octanol–water partition coefficient (Wildman–Crippen LogP) is -0.00770. The van der Waals surface area contributed by atoms with Gasteiger partial charge < -0.3 is 9.90 Å². The van der Waals surface area contributed by atoms with Crippen LogP contribution in [0.3, 0.4) is 0 Å². The van der Waals surface area contributed by atoms with Crippen molar-refractivity contribution in [1.29, 1.82) is 0 Å². The fourth-order valence-electron chi connectivity index (χ4n) is 0.692. The van der Waals surface area contributed by atoms with E-state index in [0.717, 1.165) is 0 Å². The van der Waals surface area contributed by atoms with E-state index >= 15 is 0 Å². The fraction of sp³-hybridized carbons (Fsp3) is 0.833. The Balaban J connectivity index is 3.61. The van der Waals surface area contributed by atoms with Crippen molar-refractivity contribution in [3.63, 3.8) is 0 Å². The molecule has 0 aliphatic carbocycles. The summed E-state index contributed by atoms with van der Waals surface area (Å²) in [5, 5.41) is 10.3. The van der Waals surface area contributed by atoms with E-state index in [2.05, 4.69) is 25.3 Å².